The first-order chi connectivity index (χ1) is 9.08. The first-order valence-electron chi connectivity index (χ1n) is 5.35. The third-order valence-electron chi connectivity index (χ3n) is 2.37. The van der Waals surface area contributed by atoms with Gasteiger partial charge in [0, 0.05) is 0 Å². The average molecular weight is 261 g/mol. The van der Waals surface area contributed by atoms with Crippen molar-refractivity contribution in [2.45, 2.75) is 6.54 Å². The van der Waals surface area contributed by atoms with Crippen LogP contribution in [-0.4, -0.2) is 32.2 Å². The fourth-order valence-corrected chi connectivity index (χ4v) is 1.52. The lowest BCUT2D eigenvalue weighted by Gasteiger charge is -2.05. The van der Waals surface area contributed by atoms with E-state index in [1.165, 1.54) is 12.1 Å². The van der Waals surface area contributed by atoms with Gasteiger partial charge in [0.2, 0.25) is 5.95 Å². The Morgan fingerprint density at radius 1 is 1.32 bits per heavy atom. The molecular weight excluding hydrogens is 250 g/mol. The molecule has 0 radical (unpaired) electrons. The molecule has 0 bridgehead atoms. The second-order valence-electron chi connectivity index (χ2n) is 3.67. The fourth-order valence-electron chi connectivity index (χ4n) is 1.52. The molecule has 2 aromatic rings. The van der Waals surface area contributed by atoms with Gasteiger partial charge in [0.15, 0.2) is 0 Å². The molecule has 1 aromatic carbocycles. The van der Waals surface area contributed by atoms with E-state index >= 15 is 0 Å². The summed E-state index contributed by atoms with van der Waals surface area (Å²) >= 11 is 0. The van der Waals surface area contributed by atoms with Crippen LogP contribution in [0.1, 0.15) is 26.5 Å². The van der Waals surface area contributed by atoms with Crippen molar-refractivity contribution in [2.75, 3.05) is 5.73 Å². The van der Waals surface area contributed by atoms with Crippen LogP contribution in [0.2, 0.25) is 0 Å². The smallest absolute Gasteiger partial charge is 0.336 e. The Labute approximate surface area is 107 Å². The molecule has 8 nitrogen and oxygen atoms in total. The number of nitrogens with zero attached hydrogens (tertiary/aromatic N) is 2. The number of nitrogens with two attached hydrogens (primary N) is 1. The number of nitrogens with one attached hydrogen (secondary N) is 2. The van der Waals surface area contributed by atoms with E-state index in [1.54, 1.807) is 12.1 Å². The number of aromatic amines is 1. The predicted molar refractivity (Wildman–Crippen MR) is 65.4 cm³/mol. The van der Waals surface area contributed by atoms with E-state index in [4.69, 9.17) is 10.8 Å². The molecule has 0 unspecified atom stereocenters. The van der Waals surface area contributed by atoms with E-state index in [0.717, 1.165) is 0 Å². The van der Waals surface area contributed by atoms with E-state index in [-0.39, 0.29) is 23.6 Å². The molecule has 2 rings (SSSR count). The normalized spacial score (nSPS) is 10.1. The monoisotopic (exact) mass is 261 g/mol. The van der Waals surface area contributed by atoms with Crippen molar-refractivity contribution in [3.05, 3.63) is 41.2 Å². The summed E-state index contributed by atoms with van der Waals surface area (Å²) in [5, 5.41) is 17.7. The fraction of sp³-hybridized carbons (Fsp3) is 0.0909. The number of carboxylic acid groups (broad SMARTS) is 1. The molecule has 0 saturated heterocycles. The summed E-state index contributed by atoms with van der Waals surface area (Å²) in [6.45, 7) is 0.0803. The van der Waals surface area contributed by atoms with Gasteiger partial charge in [-0.25, -0.2) is 4.79 Å². The van der Waals surface area contributed by atoms with E-state index in [2.05, 4.69) is 20.5 Å². The minimum absolute atomic E-state index is 0.0583. The van der Waals surface area contributed by atoms with Gasteiger partial charge in [-0.15, -0.1) is 5.10 Å². The highest BCUT2D eigenvalue weighted by Crippen LogP contribution is 2.08. The number of carboxylic acids is 1. The zero-order valence-electron chi connectivity index (χ0n) is 9.75. The molecule has 1 amide bonds. The SMILES string of the molecule is Nc1n[nH]c(CNC(=O)c2ccccc2C(=O)O)n1. The van der Waals surface area contributed by atoms with Gasteiger partial charge in [0.05, 0.1) is 17.7 Å². The zero-order chi connectivity index (χ0) is 13.8. The van der Waals surface area contributed by atoms with Crippen LogP contribution in [0.4, 0.5) is 5.95 Å². The number of carbonyl (C=O) groups is 2. The topological polar surface area (TPSA) is 134 Å². The Morgan fingerprint density at radius 3 is 2.58 bits per heavy atom. The standard InChI is InChI=1S/C11H11N5O3/c12-11-14-8(15-16-11)5-13-9(17)6-3-1-2-4-7(6)10(18)19/h1-4H,5H2,(H,13,17)(H,18,19)(H3,12,14,15,16). The third kappa shape index (κ3) is 2.86. The third-order valence-corrected chi connectivity index (χ3v) is 2.37. The number of aromatic carboxylic acids is 1. The maximum atomic E-state index is 11.9. The minimum atomic E-state index is -1.16. The number of hydrogen-bond donors (Lipinski definition) is 4. The Balaban J connectivity index is 2.10. The summed E-state index contributed by atoms with van der Waals surface area (Å²) in [6, 6.07) is 5.95. The second-order valence-corrected chi connectivity index (χ2v) is 3.67. The van der Waals surface area contributed by atoms with E-state index in [0.29, 0.717) is 5.82 Å². The summed E-state index contributed by atoms with van der Waals surface area (Å²) in [5.41, 5.74) is 5.34. The number of benzene rings is 1. The van der Waals surface area contributed by atoms with Gasteiger partial charge >= 0.3 is 5.97 Å². The highest BCUT2D eigenvalue weighted by molar-refractivity contribution is 6.04. The largest absolute Gasteiger partial charge is 0.478 e. The first kappa shape index (κ1) is 12.6. The van der Waals surface area contributed by atoms with E-state index < -0.39 is 11.9 Å². The van der Waals surface area contributed by atoms with Crippen molar-refractivity contribution in [3.8, 4) is 0 Å². The van der Waals surface area contributed by atoms with Crippen molar-refractivity contribution in [2.24, 2.45) is 0 Å². The van der Waals surface area contributed by atoms with Crippen LogP contribution in [0.3, 0.4) is 0 Å². The van der Waals surface area contributed by atoms with Gasteiger partial charge in [-0.1, -0.05) is 12.1 Å². The number of H-pyrrole nitrogens is 1. The van der Waals surface area contributed by atoms with Gasteiger partial charge in [0.1, 0.15) is 5.82 Å². The van der Waals surface area contributed by atoms with Crippen molar-refractivity contribution in [1.82, 2.24) is 20.5 Å². The summed E-state index contributed by atoms with van der Waals surface area (Å²) < 4.78 is 0. The maximum absolute atomic E-state index is 11.9. The van der Waals surface area contributed by atoms with Crippen LogP contribution >= 0.6 is 0 Å². The van der Waals surface area contributed by atoms with Crippen LogP contribution in [-0.2, 0) is 6.54 Å². The lowest BCUT2D eigenvalue weighted by molar-refractivity contribution is 0.0691. The number of nitrogen functional groups attached to an aromatic ring is 1. The number of anilines is 1. The molecule has 0 fully saturated rings. The van der Waals surface area contributed by atoms with Crippen molar-refractivity contribution in [3.63, 3.8) is 0 Å². The van der Waals surface area contributed by atoms with Crippen molar-refractivity contribution >= 4 is 17.8 Å². The summed E-state index contributed by atoms with van der Waals surface area (Å²) in [4.78, 5) is 26.7. The molecule has 19 heavy (non-hydrogen) atoms. The van der Waals surface area contributed by atoms with Gasteiger partial charge < -0.3 is 16.2 Å². The lowest BCUT2D eigenvalue weighted by Crippen LogP contribution is -2.25. The number of hydrogen-bond acceptors (Lipinski definition) is 5. The number of amides is 1. The molecule has 1 heterocycles. The summed E-state index contributed by atoms with van der Waals surface area (Å²) in [5.74, 6) is -1.20. The second kappa shape index (κ2) is 5.17. The Hall–Kier alpha value is -2.90. The van der Waals surface area contributed by atoms with E-state index in [1.807, 2.05) is 0 Å². The van der Waals surface area contributed by atoms with Crippen LogP contribution < -0.4 is 11.1 Å². The number of carbonyl (C=O) groups excluding carboxylic acids is 1. The highest BCUT2D eigenvalue weighted by Gasteiger charge is 2.15. The highest BCUT2D eigenvalue weighted by atomic mass is 16.4. The Bertz CT molecular complexity index is 622. The van der Waals surface area contributed by atoms with Gasteiger partial charge in [0.25, 0.3) is 5.91 Å². The predicted octanol–water partition coefficient (Wildman–Crippen LogP) is 0.0151. The minimum Gasteiger partial charge on any atom is -0.478 e. The van der Waals surface area contributed by atoms with Crippen molar-refractivity contribution in [1.29, 1.82) is 0 Å². The van der Waals surface area contributed by atoms with Gasteiger partial charge in [-0.3, -0.25) is 9.89 Å². The van der Waals surface area contributed by atoms with Gasteiger partial charge in [-0.05, 0) is 12.1 Å². The molecule has 1 aromatic heterocycles. The first-order valence-corrected chi connectivity index (χ1v) is 5.35. The molecule has 8 heteroatoms. The number of rotatable bonds is 4. The Morgan fingerprint density at radius 2 is 2.00 bits per heavy atom. The Kier molecular flexibility index (Phi) is 3.42. The molecule has 0 aliphatic heterocycles. The van der Waals surface area contributed by atoms with Crippen LogP contribution in [0, 0.1) is 0 Å². The van der Waals surface area contributed by atoms with E-state index in [9.17, 15) is 9.59 Å². The summed E-state index contributed by atoms with van der Waals surface area (Å²) in [6.07, 6.45) is 0. The molecule has 98 valence electrons. The summed E-state index contributed by atoms with van der Waals surface area (Å²) in [7, 11) is 0. The van der Waals surface area contributed by atoms with Crippen molar-refractivity contribution < 1.29 is 14.7 Å². The zero-order valence-corrected chi connectivity index (χ0v) is 9.75. The quantitative estimate of drug-likeness (QED) is 0.612. The molecule has 0 aliphatic carbocycles. The molecule has 0 saturated carbocycles. The van der Waals surface area contributed by atoms with Crippen LogP contribution in [0.5, 0.6) is 0 Å². The molecule has 0 spiro atoms. The van der Waals surface area contributed by atoms with Crippen LogP contribution in [0.25, 0.3) is 0 Å². The molecule has 5 N–H and O–H groups in total. The molecule has 0 aliphatic rings. The molecule has 0 atom stereocenters. The lowest BCUT2D eigenvalue weighted by atomic mass is 10.1. The molecular formula is C11H11N5O3. The van der Waals surface area contributed by atoms with Crippen LogP contribution in [0.15, 0.2) is 24.3 Å². The van der Waals surface area contributed by atoms with Gasteiger partial charge in [-0.2, -0.15) is 4.98 Å². The average Bonchev–Trinajstić information content (AvgIpc) is 2.81. The maximum Gasteiger partial charge on any atom is 0.336 e. The number of aromatic nitrogens is 3.